The van der Waals surface area contributed by atoms with Crippen LogP contribution in [0.25, 0.3) is 5.76 Å². The minimum Gasteiger partial charge on any atom is -0.507 e. The largest absolute Gasteiger partial charge is 0.507 e. The van der Waals surface area contributed by atoms with E-state index in [-0.39, 0.29) is 30.6 Å². The van der Waals surface area contributed by atoms with Crippen LogP contribution < -0.4 is 4.74 Å². The van der Waals surface area contributed by atoms with Crippen molar-refractivity contribution < 1.29 is 24.2 Å². The number of carbonyl (C=O) groups excluding carboxylic acids is 2. The molecule has 1 N–H and O–H groups in total. The summed E-state index contributed by atoms with van der Waals surface area (Å²) in [6, 6.07) is 12.5. The van der Waals surface area contributed by atoms with Gasteiger partial charge >= 0.3 is 0 Å². The van der Waals surface area contributed by atoms with Crippen LogP contribution in [0.2, 0.25) is 0 Å². The fourth-order valence-corrected chi connectivity index (χ4v) is 4.68. The number of hydrogen-bond donors (Lipinski definition) is 1. The summed E-state index contributed by atoms with van der Waals surface area (Å²) in [6.07, 6.45) is 4.30. The molecule has 1 amide bonds. The Kier molecular flexibility index (Phi) is 6.84. The van der Waals surface area contributed by atoms with Crippen LogP contribution >= 0.6 is 0 Å². The molecule has 4 rings (SSSR count). The molecule has 0 saturated carbocycles. The van der Waals surface area contributed by atoms with Gasteiger partial charge in [-0.05, 0) is 74.4 Å². The molecule has 2 aromatic carbocycles. The van der Waals surface area contributed by atoms with Gasteiger partial charge in [0, 0.05) is 19.2 Å². The fourth-order valence-electron chi connectivity index (χ4n) is 4.68. The van der Waals surface area contributed by atoms with Crippen LogP contribution in [0.4, 0.5) is 0 Å². The Morgan fingerprint density at radius 1 is 1.06 bits per heavy atom. The summed E-state index contributed by atoms with van der Waals surface area (Å²) in [7, 11) is 1.55. The summed E-state index contributed by atoms with van der Waals surface area (Å²) in [5.74, 6) is -0.723. The lowest BCUT2D eigenvalue weighted by Gasteiger charge is -2.25. The quantitative estimate of drug-likeness (QED) is 0.385. The first-order chi connectivity index (χ1) is 15.9. The van der Waals surface area contributed by atoms with Gasteiger partial charge in [0.1, 0.15) is 11.5 Å². The highest BCUT2D eigenvalue weighted by Crippen LogP contribution is 2.40. The van der Waals surface area contributed by atoms with Crippen molar-refractivity contribution in [3.63, 3.8) is 0 Å². The van der Waals surface area contributed by atoms with E-state index in [9.17, 15) is 14.7 Å². The van der Waals surface area contributed by atoms with E-state index in [0.717, 1.165) is 24.8 Å². The summed E-state index contributed by atoms with van der Waals surface area (Å²) in [5.41, 5.74) is 3.91. The normalized spacial score (nSPS) is 19.8. The third kappa shape index (κ3) is 4.67. The van der Waals surface area contributed by atoms with Gasteiger partial charge in [-0.1, -0.05) is 24.3 Å². The molecule has 174 valence electrons. The molecule has 1 unspecified atom stereocenters. The fraction of sp³-hybridized carbons (Fsp3) is 0.407. The van der Waals surface area contributed by atoms with Crippen LogP contribution in [0.1, 0.15) is 55.0 Å². The monoisotopic (exact) mass is 449 g/mol. The molecule has 1 atom stereocenters. The standard InChI is InChI=1S/C27H31NO5/c1-17(2)33-22-12-10-19(11-13-22)24-23(26(30)27(31)28(24)14-15-32-3)25(29)21-9-8-18-6-4-5-7-20(18)16-21/h8-13,16-17,24,29H,4-7,14-15H2,1-3H3/b25-23-. The predicted molar refractivity (Wildman–Crippen MR) is 126 cm³/mol. The maximum absolute atomic E-state index is 13.1. The molecule has 0 aromatic heterocycles. The van der Waals surface area contributed by atoms with Gasteiger partial charge in [-0.2, -0.15) is 0 Å². The molecule has 6 heteroatoms. The molecule has 2 aromatic rings. The minimum atomic E-state index is -0.690. The average Bonchev–Trinajstić information content (AvgIpc) is 3.07. The van der Waals surface area contributed by atoms with E-state index in [4.69, 9.17) is 9.47 Å². The van der Waals surface area contributed by atoms with Crippen LogP contribution in [0.15, 0.2) is 48.0 Å². The summed E-state index contributed by atoms with van der Waals surface area (Å²) in [5, 5.41) is 11.3. The Morgan fingerprint density at radius 3 is 2.42 bits per heavy atom. The van der Waals surface area contributed by atoms with Crippen LogP contribution in [0, 0.1) is 0 Å². The Balaban J connectivity index is 1.78. The lowest BCUT2D eigenvalue weighted by molar-refractivity contribution is -0.140. The third-order valence-electron chi connectivity index (χ3n) is 6.27. The van der Waals surface area contributed by atoms with Gasteiger partial charge in [-0.15, -0.1) is 0 Å². The number of hydrogen-bond acceptors (Lipinski definition) is 5. The molecule has 2 aliphatic rings. The summed E-state index contributed by atoms with van der Waals surface area (Å²) in [4.78, 5) is 27.5. The number of methoxy groups -OCH3 is 1. The topological polar surface area (TPSA) is 76.1 Å². The molecule has 33 heavy (non-hydrogen) atoms. The Labute approximate surface area is 194 Å². The van der Waals surface area contributed by atoms with Crippen molar-refractivity contribution in [1.29, 1.82) is 0 Å². The number of aryl methyl sites for hydroxylation is 2. The first-order valence-corrected chi connectivity index (χ1v) is 11.6. The second kappa shape index (κ2) is 9.79. The van der Waals surface area contributed by atoms with Crippen LogP contribution in [-0.2, 0) is 27.2 Å². The number of ether oxygens (including phenoxy) is 2. The van der Waals surface area contributed by atoms with Gasteiger partial charge in [0.15, 0.2) is 0 Å². The number of aliphatic hydroxyl groups excluding tert-OH is 1. The van der Waals surface area contributed by atoms with Crippen LogP contribution in [-0.4, -0.2) is 48.1 Å². The molecule has 1 fully saturated rings. The van der Waals surface area contributed by atoms with Gasteiger partial charge < -0.3 is 19.5 Å². The number of rotatable bonds is 7. The number of benzene rings is 2. The Hall–Kier alpha value is -3.12. The number of likely N-dealkylation sites (tertiary alicyclic amines) is 1. The van der Waals surface area contributed by atoms with E-state index >= 15 is 0 Å². The number of ketones is 1. The molecule has 0 bridgehead atoms. The highest BCUT2D eigenvalue weighted by atomic mass is 16.5. The van der Waals surface area contributed by atoms with E-state index < -0.39 is 17.7 Å². The van der Waals surface area contributed by atoms with E-state index in [1.807, 2.05) is 56.3 Å². The van der Waals surface area contributed by atoms with Crippen molar-refractivity contribution in [2.45, 2.75) is 51.7 Å². The molecule has 1 saturated heterocycles. The van der Waals surface area contributed by atoms with Crippen molar-refractivity contribution in [2.75, 3.05) is 20.3 Å². The van der Waals surface area contributed by atoms with Crippen molar-refractivity contribution in [1.82, 2.24) is 4.90 Å². The zero-order valence-corrected chi connectivity index (χ0v) is 19.5. The van der Waals surface area contributed by atoms with Gasteiger partial charge in [-0.25, -0.2) is 0 Å². The maximum Gasteiger partial charge on any atom is 0.295 e. The smallest absolute Gasteiger partial charge is 0.295 e. The molecule has 1 aliphatic heterocycles. The molecule has 1 aliphatic carbocycles. The highest BCUT2D eigenvalue weighted by molar-refractivity contribution is 6.46. The number of aliphatic hydroxyl groups is 1. The van der Waals surface area contributed by atoms with E-state index in [1.165, 1.54) is 22.4 Å². The first-order valence-electron chi connectivity index (χ1n) is 11.6. The Morgan fingerprint density at radius 2 is 1.76 bits per heavy atom. The van der Waals surface area contributed by atoms with Crippen LogP contribution in [0.3, 0.4) is 0 Å². The SMILES string of the molecule is COCCN1C(=O)C(=O)/C(=C(\O)c2ccc3c(c2)CCCC3)C1c1ccc(OC(C)C)cc1. The average molecular weight is 450 g/mol. The van der Waals surface area contributed by atoms with Crippen molar-refractivity contribution in [3.05, 3.63) is 70.3 Å². The van der Waals surface area contributed by atoms with Gasteiger partial charge in [0.2, 0.25) is 0 Å². The molecular formula is C27H31NO5. The summed E-state index contributed by atoms with van der Waals surface area (Å²) < 4.78 is 10.9. The van der Waals surface area contributed by atoms with Crippen molar-refractivity contribution >= 4 is 17.4 Å². The van der Waals surface area contributed by atoms with Crippen LogP contribution in [0.5, 0.6) is 5.75 Å². The molecule has 6 nitrogen and oxygen atoms in total. The number of Topliss-reactive ketones (excluding diaryl/α,β-unsaturated/α-hetero) is 1. The number of nitrogens with zero attached hydrogens (tertiary/aromatic N) is 1. The van der Waals surface area contributed by atoms with Crippen molar-refractivity contribution in [2.24, 2.45) is 0 Å². The molecule has 0 spiro atoms. The zero-order valence-electron chi connectivity index (χ0n) is 19.5. The maximum atomic E-state index is 13.1. The zero-order chi connectivity index (χ0) is 23.5. The molecule has 1 heterocycles. The molecule has 0 radical (unpaired) electrons. The van der Waals surface area contributed by atoms with Gasteiger partial charge in [-0.3, -0.25) is 9.59 Å². The second-order valence-electron chi connectivity index (χ2n) is 8.91. The lowest BCUT2D eigenvalue weighted by atomic mass is 9.88. The first kappa shape index (κ1) is 23.1. The highest BCUT2D eigenvalue weighted by Gasteiger charge is 2.45. The number of amides is 1. The summed E-state index contributed by atoms with van der Waals surface area (Å²) in [6.45, 7) is 4.44. The third-order valence-corrected chi connectivity index (χ3v) is 6.27. The van der Waals surface area contributed by atoms with E-state index in [2.05, 4.69) is 0 Å². The number of fused-ring (bicyclic) bond motifs is 1. The van der Waals surface area contributed by atoms with Gasteiger partial charge in [0.05, 0.1) is 24.3 Å². The summed E-state index contributed by atoms with van der Waals surface area (Å²) >= 11 is 0. The lowest BCUT2D eigenvalue weighted by Crippen LogP contribution is -2.32. The predicted octanol–water partition coefficient (Wildman–Crippen LogP) is 4.42. The van der Waals surface area contributed by atoms with Gasteiger partial charge in [0.25, 0.3) is 11.7 Å². The number of carbonyl (C=O) groups is 2. The second-order valence-corrected chi connectivity index (χ2v) is 8.91. The van der Waals surface area contributed by atoms with Crippen molar-refractivity contribution in [3.8, 4) is 5.75 Å². The minimum absolute atomic E-state index is 0.0344. The van der Waals surface area contributed by atoms with E-state index in [0.29, 0.717) is 11.3 Å². The van der Waals surface area contributed by atoms with E-state index in [1.54, 1.807) is 7.11 Å². The Bertz CT molecular complexity index is 1070. The molecular weight excluding hydrogens is 418 g/mol.